The Labute approximate surface area is 126 Å². The maximum Gasteiger partial charge on any atom is 0.333 e. The van der Waals surface area contributed by atoms with Crippen LogP contribution in [0.3, 0.4) is 0 Å². The molecule has 0 heterocycles. The Morgan fingerprint density at radius 1 is 1.35 bits per heavy atom. The first-order chi connectivity index (χ1) is 9.00. The highest BCUT2D eigenvalue weighted by molar-refractivity contribution is 6.22. The number of carbonyl (C=O) groups excluding carboxylic acids is 1. The molecule has 0 aliphatic rings. The van der Waals surface area contributed by atoms with Gasteiger partial charge >= 0.3 is 5.97 Å². The first-order valence-electron chi connectivity index (χ1n) is 6.20. The molecule has 0 saturated carbocycles. The van der Waals surface area contributed by atoms with E-state index in [4.69, 9.17) is 16.3 Å². The van der Waals surface area contributed by atoms with E-state index in [1.165, 1.54) is 0 Å². The SMILES string of the molecule is CC(=CC(Cl)c1ccccc1)C(=O)OCCN(C)C.N. The molecule has 0 aliphatic carbocycles. The van der Waals surface area contributed by atoms with Crippen LogP contribution in [0, 0.1) is 0 Å². The monoisotopic (exact) mass is 298 g/mol. The van der Waals surface area contributed by atoms with Crippen molar-refractivity contribution in [3.8, 4) is 0 Å². The predicted molar refractivity (Wildman–Crippen MR) is 83.3 cm³/mol. The number of benzene rings is 1. The molecule has 0 aromatic heterocycles. The zero-order valence-electron chi connectivity index (χ0n) is 12.3. The van der Waals surface area contributed by atoms with Gasteiger partial charge in [0.1, 0.15) is 6.61 Å². The summed E-state index contributed by atoms with van der Waals surface area (Å²) in [4.78, 5) is 13.7. The van der Waals surface area contributed by atoms with Crippen molar-refractivity contribution in [2.75, 3.05) is 27.2 Å². The molecule has 0 amide bonds. The molecule has 1 aromatic rings. The van der Waals surface area contributed by atoms with Crippen molar-refractivity contribution in [3.05, 3.63) is 47.5 Å². The molecule has 3 N–H and O–H groups in total. The van der Waals surface area contributed by atoms with Crippen molar-refractivity contribution in [1.29, 1.82) is 0 Å². The summed E-state index contributed by atoms with van der Waals surface area (Å²) < 4.78 is 5.14. The lowest BCUT2D eigenvalue weighted by molar-refractivity contribution is -0.139. The second kappa shape index (κ2) is 9.53. The molecule has 1 unspecified atom stereocenters. The van der Waals surface area contributed by atoms with Crippen molar-refractivity contribution in [1.82, 2.24) is 11.1 Å². The topological polar surface area (TPSA) is 64.5 Å². The zero-order valence-corrected chi connectivity index (χ0v) is 13.1. The molecular weight excluding hydrogens is 276 g/mol. The Hall–Kier alpha value is -1.36. The van der Waals surface area contributed by atoms with E-state index >= 15 is 0 Å². The molecule has 1 rings (SSSR count). The summed E-state index contributed by atoms with van der Waals surface area (Å²) in [5.74, 6) is -0.316. The number of carbonyl (C=O) groups is 1. The average molecular weight is 299 g/mol. The van der Waals surface area contributed by atoms with E-state index in [0.29, 0.717) is 18.7 Å². The summed E-state index contributed by atoms with van der Waals surface area (Å²) in [5.41, 5.74) is 1.49. The van der Waals surface area contributed by atoms with Gasteiger partial charge in [0, 0.05) is 12.1 Å². The lowest BCUT2D eigenvalue weighted by Gasteiger charge is -2.11. The Morgan fingerprint density at radius 2 is 1.95 bits per heavy atom. The minimum absolute atomic E-state index is 0. The third kappa shape index (κ3) is 6.70. The number of ether oxygens (including phenoxy) is 1. The van der Waals surface area contributed by atoms with Gasteiger partial charge in [-0.1, -0.05) is 36.4 Å². The third-order valence-corrected chi connectivity index (χ3v) is 2.99. The molecule has 20 heavy (non-hydrogen) atoms. The fourth-order valence-electron chi connectivity index (χ4n) is 1.46. The fraction of sp³-hybridized carbons (Fsp3) is 0.400. The van der Waals surface area contributed by atoms with Crippen molar-refractivity contribution < 1.29 is 9.53 Å². The third-order valence-electron chi connectivity index (χ3n) is 2.61. The lowest BCUT2D eigenvalue weighted by Crippen LogP contribution is -2.20. The Bertz CT molecular complexity index is 433. The summed E-state index contributed by atoms with van der Waals surface area (Å²) in [6, 6.07) is 9.63. The highest BCUT2D eigenvalue weighted by Crippen LogP contribution is 2.23. The number of esters is 1. The van der Waals surface area contributed by atoms with Crippen LogP contribution in [0.25, 0.3) is 0 Å². The summed E-state index contributed by atoms with van der Waals surface area (Å²) >= 11 is 6.24. The van der Waals surface area contributed by atoms with Gasteiger partial charge in [0.15, 0.2) is 0 Å². The van der Waals surface area contributed by atoms with E-state index < -0.39 is 0 Å². The van der Waals surface area contributed by atoms with Gasteiger partial charge < -0.3 is 15.8 Å². The number of rotatable bonds is 6. The summed E-state index contributed by atoms with van der Waals surface area (Å²) in [7, 11) is 3.86. The molecule has 0 radical (unpaired) electrons. The minimum Gasteiger partial charge on any atom is -0.461 e. The van der Waals surface area contributed by atoms with Crippen LogP contribution in [-0.2, 0) is 9.53 Å². The second-order valence-electron chi connectivity index (χ2n) is 4.60. The number of nitrogens with zero attached hydrogens (tertiary/aromatic N) is 1. The molecule has 0 saturated heterocycles. The van der Waals surface area contributed by atoms with Crippen LogP contribution in [0.5, 0.6) is 0 Å². The van der Waals surface area contributed by atoms with E-state index in [-0.39, 0.29) is 17.5 Å². The van der Waals surface area contributed by atoms with Crippen LogP contribution in [0.1, 0.15) is 17.9 Å². The molecule has 112 valence electrons. The van der Waals surface area contributed by atoms with E-state index in [1.807, 2.05) is 49.3 Å². The standard InChI is InChI=1S/C15H20ClNO2.H3N/c1-12(15(18)19-10-9-17(2)3)11-14(16)13-7-5-4-6-8-13;/h4-8,11,14H,9-10H2,1-3H3;1H3. The Morgan fingerprint density at radius 3 is 2.50 bits per heavy atom. The van der Waals surface area contributed by atoms with Crippen LogP contribution in [0.2, 0.25) is 0 Å². The molecule has 5 heteroatoms. The first kappa shape index (κ1) is 18.6. The Balaban J connectivity index is 0.00000361. The highest BCUT2D eigenvalue weighted by atomic mass is 35.5. The van der Waals surface area contributed by atoms with Crippen LogP contribution in [0.15, 0.2) is 42.0 Å². The second-order valence-corrected chi connectivity index (χ2v) is 5.07. The molecule has 0 aliphatic heterocycles. The molecular formula is C15H23ClN2O2. The van der Waals surface area contributed by atoms with Gasteiger partial charge in [-0.05, 0) is 26.6 Å². The van der Waals surface area contributed by atoms with Crippen LogP contribution >= 0.6 is 11.6 Å². The minimum atomic E-state index is -0.317. The quantitative estimate of drug-likeness (QED) is 0.498. The largest absolute Gasteiger partial charge is 0.461 e. The van der Waals surface area contributed by atoms with E-state index in [0.717, 1.165) is 5.56 Å². The van der Waals surface area contributed by atoms with Gasteiger partial charge in [-0.2, -0.15) is 0 Å². The van der Waals surface area contributed by atoms with Gasteiger partial charge in [0.05, 0.1) is 5.38 Å². The van der Waals surface area contributed by atoms with Crippen molar-refractivity contribution in [2.24, 2.45) is 0 Å². The normalized spacial score (nSPS) is 12.8. The van der Waals surface area contributed by atoms with Crippen molar-refractivity contribution in [2.45, 2.75) is 12.3 Å². The van der Waals surface area contributed by atoms with Gasteiger partial charge in [0.25, 0.3) is 0 Å². The number of allylic oxidation sites excluding steroid dienone is 1. The van der Waals surface area contributed by atoms with Crippen LogP contribution < -0.4 is 6.15 Å². The van der Waals surface area contributed by atoms with E-state index in [2.05, 4.69) is 0 Å². The number of hydrogen-bond acceptors (Lipinski definition) is 4. The van der Waals surface area contributed by atoms with Crippen molar-refractivity contribution >= 4 is 17.6 Å². The molecule has 4 nitrogen and oxygen atoms in total. The lowest BCUT2D eigenvalue weighted by atomic mass is 10.1. The van der Waals surface area contributed by atoms with Gasteiger partial charge in [-0.25, -0.2) is 4.79 Å². The number of likely N-dealkylation sites (N-methyl/N-ethyl adjacent to an activating group) is 1. The maximum atomic E-state index is 11.7. The van der Waals surface area contributed by atoms with Gasteiger partial charge in [-0.15, -0.1) is 11.6 Å². The zero-order chi connectivity index (χ0) is 14.3. The molecule has 1 atom stereocenters. The number of hydrogen-bond donors (Lipinski definition) is 1. The fourth-order valence-corrected chi connectivity index (χ4v) is 1.79. The number of halogens is 1. The summed E-state index contributed by atoms with van der Waals surface area (Å²) in [6.45, 7) is 2.81. The molecule has 1 aromatic carbocycles. The predicted octanol–water partition coefficient (Wildman–Crippen LogP) is 3.18. The summed E-state index contributed by atoms with van der Waals surface area (Å²) in [6.07, 6.45) is 1.72. The van der Waals surface area contributed by atoms with Crippen LogP contribution in [-0.4, -0.2) is 38.1 Å². The Kier molecular flexibility index (Phi) is 8.88. The van der Waals surface area contributed by atoms with Crippen LogP contribution in [0.4, 0.5) is 0 Å². The molecule has 0 spiro atoms. The highest BCUT2D eigenvalue weighted by Gasteiger charge is 2.10. The molecule has 0 fully saturated rings. The summed E-state index contributed by atoms with van der Waals surface area (Å²) in [5, 5.41) is -0.317. The number of alkyl halides is 1. The van der Waals surface area contributed by atoms with Gasteiger partial charge in [0.2, 0.25) is 0 Å². The van der Waals surface area contributed by atoms with E-state index in [9.17, 15) is 4.79 Å². The van der Waals surface area contributed by atoms with Crippen molar-refractivity contribution in [3.63, 3.8) is 0 Å². The average Bonchev–Trinajstić information content (AvgIpc) is 2.39. The first-order valence-corrected chi connectivity index (χ1v) is 6.63. The smallest absolute Gasteiger partial charge is 0.333 e. The van der Waals surface area contributed by atoms with Gasteiger partial charge in [-0.3, -0.25) is 0 Å². The molecule has 0 bridgehead atoms. The van der Waals surface area contributed by atoms with E-state index in [1.54, 1.807) is 13.0 Å². The maximum absolute atomic E-state index is 11.7.